The first-order valence-corrected chi connectivity index (χ1v) is 6.06. The summed E-state index contributed by atoms with van der Waals surface area (Å²) in [6.45, 7) is -2.80. The highest BCUT2D eigenvalue weighted by Gasteiger charge is 2.10. The normalized spacial score (nSPS) is 10.2. The largest absolute Gasteiger partial charge is 0.434 e. The molecule has 0 radical (unpaired) electrons. The Balaban J connectivity index is 2.12. The third-order valence-electron chi connectivity index (χ3n) is 2.76. The van der Waals surface area contributed by atoms with Crippen molar-refractivity contribution in [1.82, 2.24) is 0 Å². The predicted molar refractivity (Wildman–Crippen MR) is 71.5 cm³/mol. The number of rotatable bonds is 5. The van der Waals surface area contributed by atoms with Gasteiger partial charge in [0.25, 0.3) is 0 Å². The molecule has 1 N–H and O–H groups in total. The third-order valence-corrected chi connectivity index (χ3v) is 2.76. The van der Waals surface area contributed by atoms with E-state index in [1.807, 2.05) is 6.07 Å². The second kappa shape index (κ2) is 6.66. The first-order chi connectivity index (χ1) is 10.1. The van der Waals surface area contributed by atoms with Crippen LogP contribution in [-0.4, -0.2) is 6.61 Å². The SMILES string of the molecule is N#Cc1ccc(NCc2ccccc2OC(F)F)c(F)c1. The molecular weight excluding hydrogens is 281 g/mol. The summed E-state index contributed by atoms with van der Waals surface area (Å²) < 4.78 is 42.6. The van der Waals surface area contributed by atoms with E-state index in [0.29, 0.717) is 5.56 Å². The Morgan fingerprint density at radius 1 is 1.19 bits per heavy atom. The molecule has 0 saturated carbocycles. The van der Waals surface area contributed by atoms with Gasteiger partial charge >= 0.3 is 6.61 Å². The Hall–Kier alpha value is -2.68. The van der Waals surface area contributed by atoms with Crippen LogP contribution in [0.4, 0.5) is 18.9 Å². The van der Waals surface area contributed by atoms with Crippen molar-refractivity contribution >= 4 is 5.69 Å². The van der Waals surface area contributed by atoms with Crippen molar-refractivity contribution in [3.05, 3.63) is 59.4 Å². The zero-order valence-electron chi connectivity index (χ0n) is 10.8. The van der Waals surface area contributed by atoms with Crippen molar-refractivity contribution in [2.75, 3.05) is 5.32 Å². The fourth-order valence-corrected chi connectivity index (χ4v) is 1.78. The molecule has 0 aliphatic rings. The van der Waals surface area contributed by atoms with Crippen LogP contribution in [0, 0.1) is 17.1 Å². The molecule has 0 aliphatic heterocycles. The van der Waals surface area contributed by atoms with Gasteiger partial charge in [-0.05, 0) is 24.3 Å². The number of nitrogens with one attached hydrogen (secondary N) is 1. The zero-order chi connectivity index (χ0) is 15.2. The number of para-hydroxylation sites is 1. The number of anilines is 1. The van der Waals surface area contributed by atoms with Crippen molar-refractivity contribution in [2.45, 2.75) is 13.2 Å². The molecule has 0 bridgehead atoms. The standard InChI is InChI=1S/C15H11F3N2O/c16-12-7-10(8-19)5-6-13(12)20-9-11-3-1-2-4-14(11)21-15(17)18/h1-7,15,20H,9H2. The lowest BCUT2D eigenvalue weighted by atomic mass is 10.1. The molecule has 0 fully saturated rings. The number of alkyl halides is 2. The Kier molecular flexibility index (Phi) is 4.67. The highest BCUT2D eigenvalue weighted by molar-refractivity contribution is 5.50. The van der Waals surface area contributed by atoms with Crippen molar-refractivity contribution in [3.63, 3.8) is 0 Å². The average Bonchev–Trinajstić information content (AvgIpc) is 2.46. The molecule has 0 saturated heterocycles. The molecule has 0 atom stereocenters. The molecular formula is C15H11F3N2O. The van der Waals surface area contributed by atoms with Gasteiger partial charge in [0.2, 0.25) is 0 Å². The first-order valence-electron chi connectivity index (χ1n) is 6.06. The van der Waals surface area contributed by atoms with Gasteiger partial charge in [-0.15, -0.1) is 0 Å². The van der Waals surface area contributed by atoms with Crippen molar-refractivity contribution in [1.29, 1.82) is 5.26 Å². The molecule has 2 aromatic carbocycles. The fraction of sp³-hybridized carbons (Fsp3) is 0.133. The summed E-state index contributed by atoms with van der Waals surface area (Å²) in [7, 11) is 0. The molecule has 0 aromatic heterocycles. The Labute approximate surface area is 119 Å². The molecule has 0 unspecified atom stereocenters. The Morgan fingerprint density at radius 3 is 2.62 bits per heavy atom. The minimum absolute atomic E-state index is 0.0362. The summed E-state index contributed by atoms with van der Waals surface area (Å²) in [5.41, 5.74) is 0.863. The van der Waals surface area contributed by atoms with Crippen molar-refractivity contribution in [3.8, 4) is 11.8 Å². The molecule has 108 valence electrons. The van der Waals surface area contributed by atoms with E-state index >= 15 is 0 Å². The van der Waals surface area contributed by atoms with Gasteiger partial charge < -0.3 is 10.1 Å². The van der Waals surface area contributed by atoms with E-state index in [9.17, 15) is 13.2 Å². The molecule has 0 heterocycles. The lowest BCUT2D eigenvalue weighted by Crippen LogP contribution is -2.07. The Morgan fingerprint density at radius 2 is 1.95 bits per heavy atom. The molecule has 2 rings (SSSR count). The second-order valence-electron chi connectivity index (χ2n) is 4.15. The topological polar surface area (TPSA) is 45.0 Å². The van der Waals surface area contributed by atoms with Gasteiger partial charge in [0.15, 0.2) is 0 Å². The van der Waals surface area contributed by atoms with Gasteiger partial charge in [-0.25, -0.2) is 4.39 Å². The van der Waals surface area contributed by atoms with Crippen LogP contribution >= 0.6 is 0 Å². The maximum absolute atomic E-state index is 13.7. The van der Waals surface area contributed by atoms with E-state index < -0.39 is 12.4 Å². The van der Waals surface area contributed by atoms with Crippen molar-refractivity contribution < 1.29 is 17.9 Å². The maximum atomic E-state index is 13.7. The number of hydrogen-bond donors (Lipinski definition) is 1. The number of ether oxygens (including phenoxy) is 1. The molecule has 2 aromatic rings. The number of halogens is 3. The summed E-state index contributed by atoms with van der Waals surface area (Å²) in [5, 5.41) is 11.4. The van der Waals surface area contributed by atoms with E-state index in [0.717, 1.165) is 6.07 Å². The van der Waals surface area contributed by atoms with E-state index in [1.54, 1.807) is 18.2 Å². The van der Waals surface area contributed by atoms with Crippen LogP contribution in [0.1, 0.15) is 11.1 Å². The van der Waals surface area contributed by atoms with Crippen LogP contribution in [0.3, 0.4) is 0 Å². The quantitative estimate of drug-likeness (QED) is 0.908. The van der Waals surface area contributed by atoms with Gasteiger partial charge in [0.1, 0.15) is 11.6 Å². The number of benzene rings is 2. The number of nitriles is 1. The molecule has 0 amide bonds. The third kappa shape index (κ3) is 3.89. The average molecular weight is 292 g/mol. The highest BCUT2D eigenvalue weighted by Crippen LogP contribution is 2.22. The van der Waals surface area contributed by atoms with Crippen LogP contribution in [-0.2, 0) is 6.54 Å². The van der Waals surface area contributed by atoms with Gasteiger partial charge in [-0.3, -0.25) is 0 Å². The minimum atomic E-state index is -2.92. The second-order valence-corrected chi connectivity index (χ2v) is 4.15. The molecule has 0 spiro atoms. The number of hydrogen-bond acceptors (Lipinski definition) is 3. The van der Waals surface area contributed by atoms with Gasteiger partial charge in [-0.2, -0.15) is 14.0 Å². The smallest absolute Gasteiger partial charge is 0.387 e. The summed E-state index contributed by atoms with van der Waals surface area (Å²) in [4.78, 5) is 0. The molecule has 3 nitrogen and oxygen atoms in total. The Bertz CT molecular complexity index is 668. The van der Waals surface area contributed by atoms with Crippen LogP contribution in [0.5, 0.6) is 5.75 Å². The van der Waals surface area contributed by atoms with Crippen LogP contribution in [0.25, 0.3) is 0 Å². The van der Waals surface area contributed by atoms with E-state index in [1.165, 1.54) is 18.2 Å². The monoisotopic (exact) mass is 292 g/mol. The lowest BCUT2D eigenvalue weighted by molar-refractivity contribution is -0.0504. The summed E-state index contributed by atoms with van der Waals surface area (Å²) in [6, 6.07) is 12.1. The zero-order valence-corrected chi connectivity index (χ0v) is 10.8. The minimum Gasteiger partial charge on any atom is -0.434 e. The van der Waals surface area contributed by atoms with E-state index in [2.05, 4.69) is 10.1 Å². The first kappa shape index (κ1) is 14.7. The van der Waals surface area contributed by atoms with Crippen molar-refractivity contribution in [2.24, 2.45) is 0 Å². The lowest BCUT2D eigenvalue weighted by Gasteiger charge is -2.12. The molecule has 6 heteroatoms. The summed E-state index contributed by atoms with van der Waals surface area (Å²) >= 11 is 0. The van der Waals surface area contributed by atoms with E-state index in [-0.39, 0.29) is 23.5 Å². The number of nitrogens with zero attached hydrogens (tertiary/aromatic N) is 1. The summed E-state index contributed by atoms with van der Waals surface area (Å²) in [5.74, 6) is -0.546. The fourth-order valence-electron chi connectivity index (χ4n) is 1.78. The van der Waals surface area contributed by atoms with E-state index in [4.69, 9.17) is 5.26 Å². The predicted octanol–water partition coefficient (Wildman–Crippen LogP) is 3.91. The van der Waals surface area contributed by atoms with Gasteiger partial charge in [0.05, 0.1) is 17.3 Å². The molecule has 21 heavy (non-hydrogen) atoms. The van der Waals surface area contributed by atoms with Crippen LogP contribution in [0.2, 0.25) is 0 Å². The van der Waals surface area contributed by atoms with Crippen LogP contribution in [0.15, 0.2) is 42.5 Å². The highest BCUT2D eigenvalue weighted by atomic mass is 19.3. The maximum Gasteiger partial charge on any atom is 0.387 e. The molecule has 0 aliphatic carbocycles. The van der Waals surface area contributed by atoms with Gasteiger partial charge in [-0.1, -0.05) is 18.2 Å². The summed E-state index contributed by atoms with van der Waals surface area (Å²) in [6.07, 6.45) is 0. The van der Waals surface area contributed by atoms with Gasteiger partial charge in [0, 0.05) is 12.1 Å². The van der Waals surface area contributed by atoms with Crippen LogP contribution < -0.4 is 10.1 Å².